The number of thioether (sulfide) groups is 1. The van der Waals surface area contributed by atoms with Gasteiger partial charge in [0.05, 0.1) is 0 Å². The van der Waals surface area contributed by atoms with E-state index in [2.05, 4.69) is 4.98 Å². The van der Waals surface area contributed by atoms with Crippen molar-refractivity contribution >= 4 is 17.0 Å². The summed E-state index contributed by atoms with van der Waals surface area (Å²) in [6.07, 6.45) is 3.36. The maximum absolute atomic E-state index is 11.2. The van der Waals surface area contributed by atoms with Crippen molar-refractivity contribution in [1.82, 2.24) is 9.88 Å². The molecule has 0 fully saturated rings. The van der Waals surface area contributed by atoms with Gasteiger partial charge in [-0.2, -0.15) is 0 Å². The van der Waals surface area contributed by atoms with Gasteiger partial charge in [0.1, 0.15) is 0 Å². The second-order valence-corrected chi connectivity index (χ2v) is 3.48. The summed E-state index contributed by atoms with van der Waals surface area (Å²) in [5.41, 5.74) is 0. The highest BCUT2D eigenvalue weighted by Gasteiger charge is 2.05. The summed E-state index contributed by atoms with van der Waals surface area (Å²) in [4.78, 5) is 17.5. The van der Waals surface area contributed by atoms with Gasteiger partial charge in [-0.1, -0.05) is 0 Å². The van der Waals surface area contributed by atoms with Gasteiger partial charge < -0.3 is 4.90 Å². The van der Waals surface area contributed by atoms with Crippen LogP contribution in [0, 0.1) is 0 Å². The Hall–Kier alpha value is -1.03. The van der Waals surface area contributed by atoms with Crippen LogP contribution >= 0.6 is 11.8 Å². The lowest BCUT2D eigenvalue weighted by molar-refractivity contribution is 0.241. The van der Waals surface area contributed by atoms with Crippen molar-refractivity contribution in [3.8, 4) is 0 Å². The maximum atomic E-state index is 11.2. The highest BCUT2D eigenvalue weighted by molar-refractivity contribution is 8.13. The number of hydrogen-bond donors (Lipinski definition) is 0. The molecule has 0 saturated heterocycles. The van der Waals surface area contributed by atoms with Crippen molar-refractivity contribution in [3.05, 3.63) is 24.5 Å². The quantitative estimate of drug-likeness (QED) is 0.621. The van der Waals surface area contributed by atoms with Gasteiger partial charge in [0.2, 0.25) is 0 Å². The molecule has 0 aliphatic rings. The molecule has 3 nitrogen and oxygen atoms in total. The van der Waals surface area contributed by atoms with E-state index in [1.165, 1.54) is 16.7 Å². The fourth-order valence-electron chi connectivity index (χ4n) is 0.600. The molecule has 1 amide bonds. The third kappa shape index (κ3) is 2.54. The highest BCUT2D eigenvalue weighted by Crippen LogP contribution is 2.18. The van der Waals surface area contributed by atoms with Crippen molar-refractivity contribution in [1.29, 1.82) is 0 Å². The second-order valence-electron chi connectivity index (χ2n) is 2.45. The van der Waals surface area contributed by atoms with Crippen LogP contribution in [0.25, 0.3) is 0 Å². The molecule has 4 heteroatoms. The largest absolute Gasteiger partial charge is 0.339 e. The molecule has 0 N–H and O–H groups in total. The lowest BCUT2D eigenvalue weighted by Crippen LogP contribution is -2.15. The van der Waals surface area contributed by atoms with Gasteiger partial charge >= 0.3 is 0 Å². The topological polar surface area (TPSA) is 33.2 Å². The Labute approximate surface area is 75.8 Å². The summed E-state index contributed by atoms with van der Waals surface area (Å²) in [5.74, 6) is 0. The second kappa shape index (κ2) is 4.11. The molecule has 0 spiro atoms. The van der Waals surface area contributed by atoms with Gasteiger partial charge in [-0.3, -0.25) is 9.78 Å². The minimum atomic E-state index is 0.0167. The Morgan fingerprint density at radius 3 is 2.83 bits per heavy atom. The Kier molecular flexibility index (Phi) is 3.10. The smallest absolute Gasteiger partial charge is 0.285 e. The van der Waals surface area contributed by atoms with Gasteiger partial charge in [-0.05, 0) is 23.9 Å². The third-order valence-electron chi connectivity index (χ3n) is 1.20. The molecule has 0 radical (unpaired) electrons. The molecule has 12 heavy (non-hydrogen) atoms. The van der Waals surface area contributed by atoms with Crippen LogP contribution in [0.1, 0.15) is 0 Å². The number of nitrogens with zero attached hydrogens (tertiary/aromatic N) is 2. The van der Waals surface area contributed by atoms with Crippen LogP contribution in [0.5, 0.6) is 0 Å². The first-order valence-corrected chi connectivity index (χ1v) is 4.31. The van der Waals surface area contributed by atoms with Crippen molar-refractivity contribution in [3.63, 3.8) is 0 Å². The van der Waals surface area contributed by atoms with Crippen LogP contribution in [-0.2, 0) is 0 Å². The molecular weight excluding hydrogens is 172 g/mol. The van der Waals surface area contributed by atoms with Gasteiger partial charge in [-0.15, -0.1) is 0 Å². The first-order chi connectivity index (χ1) is 5.70. The average Bonchev–Trinajstić information content (AvgIpc) is 2.06. The van der Waals surface area contributed by atoms with Crippen LogP contribution in [0.4, 0.5) is 4.79 Å². The summed E-state index contributed by atoms with van der Waals surface area (Å²) in [6.45, 7) is 0. The number of rotatable bonds is 1. The van der Waals surface area contributed by atoms with Gasteiger partial charge in [0.15, 0.2) is 0 Å². The molecule has 0 bridgehead atoms. The molecular formula is C8H10N2OS. The molecule has 0 aromatic carbocycles. The average molecular weight is 182 g/mol. The number of amides is 1. The van der Waals surface area contributed by atoms with Crippen LogP contribution in [0.2, 0.25) is 0 Å². The maximum Gasteiger partial charge on any atom is 0.285 e. The fourth-order valence-corrected chi connectivity index (χ4v) is 1.24. The summed E-state index contributed by atoms with van der Waals surface area (Å²) in [7, 11) is 3.46. The molecule has 0 aliphatic heterocycles. The minimum Gasteiger partial charge on any atom is -0.339 e. The Bertz CT molecular complexity index is 261. The standard InChI is InChI=1S/C8H10N2OS/c1-10(2)8(11)12-7-4-3-5-9-6-7/h3-6H,1-2H3. The number of hydrogen-bond acceptors (Lipinski definition) is 3. The van der Waals surface area contributed by atoms with E-state index >= 15 is 0 Å². The number of carbonyl (C=O) groups excluding carboxylic acids is 1. The van der Waals surface area contributed by atoms with E-state index in [1.807, 2.05) is 12.1 Å². The fraction of sp³-hybridized carbons (Fsp3) is 0.250. The molecule has 1 aromatic heterocycles. The summed E-state index contributed by atoms with van der Waals surface area (Å²) < 4.78 is 0. The predicted molar refractivity (Wildman–Crippen MR) is 49.2 cm³/mol. The molecule has 1 heterocycles. The zero-order valence-corrected chi connectivity index (χ0v) is 7.84. The summed E-state index contributed by atoms with van der Waals surface area (Å²) >= 11 is 1.18. The minimum absolute atomic E-state index is 0.0167. The molecule has 0 saturated carbocycles. The normalized spacial score (nSPS) is 9.50. The molecule has 1 aromatic rings. The van der Waals surface area contributed by atoms with E-state index in [4.69, 9.17) is 0 Å². The Morgan fingerprint density at radius 2 is 2.33 bits per heavy atom. The van der Waals surface area contributed by atoms with Crippen molar-refractivity contribution in [2.24, 2.45) is 0 Å². The predicted octanol–water partition coefficient (Wildman–Crippen LogP) is 1.86. The lowest BCUT2D eigenvalue weighted by atomic mass is 10.5. The molecule has 1 rings (SSSR count). The van der Waals surface area contributed by atoms with Crippen LogP contribution in [-0.4, -0.2) is 29.2 Å². The Morgan fingerprint density at radius 1 is 1.58 bits per heavy atom. The highest BCUT2D eigenvalue weighted by atomic mass is 32.2. The van der Waals surface area contributed by atoms with Crippen LogP contribution in [0.3, 0.4) is 0 Å². The SMILES string of the molecule is CN(C)C(=O)Sc1cccnc1. The monoisotopic (exact) mass is 182 g/mol. The van der Waals surface area contributed by atoms with E-state index in [0.29, 0.717) is 0 Å². The van der Waals surface area contributed by atoms with Crippen LogP contribution in [0.15, 0.2) is 29.4 Å². The first kappa shape index (κ1) is 9.06. The molecule has 0 unspecified atom stereocenters. The zero-order valence-electron chi connectivity index (χ0n) is 7.02. The first-order valence-electron chi connectivity index (χ1n) is 3.49. The summed E-state index contributed by atoms with van der Waals surface area (Å²) in [5, 5.41) is 0.0167. The van der Waals surface area contributed by atoms with Gasteiger partial charge in [0, 0.05) is 31.4 Å². The van der Waals surface area contributed by atoms with E-state index < -0.39 is 0 Å². The number of pyridine rings is 1. The van der Waals surface area contributed by atoms with E-state index in [1.54, 1.807) is 26.5 Å². The third-order valence-corrected chi connectivity index (χ3v) is 2.22. The van der Waals surface area contributed by atoms with E-state index in [9.17, 15) is 4.79 Å². The van der Waals surface area contributed by atoms with Gasteiger partial charge in [0.25, 0.3) is 5.24 Å². The van der Waals surface area contributed by atoms with E-state index in [-0.39, 0.29) is 5.24 Å². The molecule has 0 atom stereocenters. The summed E-state index contributed by atoms with van der Waals surface area (Å²) in [6, 6.07) is 3.67. The van der Waals surface area contributed by atoms with Gasteiger partial charge in [-0.25, -0.2) is 0 Å². The number of carbonyl (C=O) groups is 1. The van der Waals surface area contributed by atoms with Crippen molar-refractivity contribution in [2.75, 3.05) is 14.1 Å². The van der Waals surface area contributed by atoms with Crippen LogP contribution < -0.4 is 0 Å². The number of aromatic nitrogens is 1. The Balaban J connectivity index is 2.59. The van der Waals surface area contributed by atoms with Crippen molar-refractivity contribution < 1.29 is 4.79 Å². The van der Waals surface area contributed by atoms with Crippen molar-refractivity contribution in [2.45, 2.75) is 4.90 Å². The lowest BCUT2D eigenvalue weighted by Gasteiger charge is -2.07. The molecule has 0 aliphatic carbocycles. The van der Waals surface area contributed by atoms with E-state index in [0.717, 1.165) is 4.90 Å². The molecule has 64 valence electrons. The zero-order chi connectivity index (χ0) is 8.97.